The average molecular weight is 828 g/mol. The number of allylic oxidation sites excluding steroid dienone is 2. The average Bonchev–Trinajstić information content (AvgIpc) is 3.52. The molecule has 0 aliphatic heterocycles. The van der Waals surface area contributed by atoms with Crippen LogP contribution in [0.3, 0.4) is 0 Å². The molecule has 0 fully saturated rings. The molecule has 6 heteroatoms. The molecule has 1 aliphatic rings. The van der Waals surface area contributed by atoms with E-state index < -0.39 is 0 Å². The van der Waals surface area contributed by atoms with E-state index in [0.717, 1.165) is 77.5 Å². The minimum atomic E-state index is 0. The molecule has 0 unspecified atom stereocenters. The van der Waals surface area contributed by atoms with Crippen LogP contribution in [0.1, 0.15) is 64.5 Å². The molecule has 0 saturated heterocycles. The molecule has 3 aromatic heterocycles. The number of fused-ring (bicyclic) bond motifs is 6. The molecule has 0 amide bonds. The van der Waals surface area contributed by atoms with Gasteiger partial charge in [0.2, 0.25) is 0 Å². The van der Waals surface area contributed by atoms with Gasteiger partial charge >= 0.3 is 0 Å². The Kier molecular flexibility index (Phi) is 12.0. The van der Waals surface area contributed by atoms with Crippen molar-refractivity contribution in [1.29, 1.82) is 0 Å². The van der Waals surface area contributed by atoms with Crippen LogP contribution in [0.4, 0.5) is 0 Å². The van der Waals surface area contributed by atoms with E-state index in [-0.39, 0.29) is 43.5 Å². The van der Waals surface area contributed by atoms with Crippen LogP contribution in [0.5, 0.6) is 0 Å². The molecule has 1 radical (unpaired) electrons. The van der Waals surface area contributed by atoms with E-state index in [1.165, 1.54) is 33.7 Å². The third kappa shape index (κ3) is 7.46. The topological polar surface area (TPSA) is 76.2 Å². The molecule has 5 nitrogen and oxygen atoms in total. The SMILES string of the molecule is CCC(CC)C(=O)/C=C(\O)C(CC)CC.[Ir].[c-]1c(-c2nccc3oc4c(c23)CCc2ccncc2-4)cc(-c2ccccc2)c2ccccc12. The summed E-state index contributed by atoms with van der Waals surface area (Å²) in [4.78, 5) is 20.9. The van der Waals surface area contributed by atoms with Crippen LogP contribution in [-0.2, 0) is 37.7 Å². The van der Waals surface area contributed by atoms with Gasteiger partial charge in [-0.15, -0.1) is 23.6 Å². The standard InChI is InChI=1S/C30H19N2O.C13H24O2.Ir/c1-2-6-19(7-3-1)25-17-22(16-21-8-4-5-9-23(21)25)29-28-24-11-10-20-12-14-31-18-26(20)30(24)33-27(28)13-15-32-29;1-5-10(6-2)12(14)9-13(15)11(7-3)8-4;/h1-9,12-15,17-18H,10-11H2;9-11,14H,5-8H2,1-4H3;/q-1;;/b;12-9-;. The number of aliphatic hydroxyl groups is 1. The first-order valence-electron chi connectivity index (χ1n) is 17.3. The van der Waals surface area contributed by atoms with E-state index >= 15 is 0 Å². The molecule has 49 heavy (non-hydrogen) atoms. The summed E-state index contributed by atoms with van der Waals surface area (Å²) < 4.78 is 6.39. The maximum absolute atomic E-state index is 11.7. The molecule has 6 aromatic rings. The van der Waals surface area contributed by atoms with Gasteiger partial charge in [-0.3, -0.25) is 14.8 Å². The molecular formula is C43H43IrN2O3-. The Morgan fingerprint density at radius 1 is 0.878 bits per heavy atom. The van der Waals surface area contributed by atoms with Gasteiger partial charge in [0, 0.05) is 78.8 Å². The number of pyridine rings is 2. The summed E-state index contributed by atoms with van der Waals surface area (Å²) in [5.41, 5.74) is 8.74. The van der Waals surface area contributed by atoms with Gasteiger partial charge in [0.15, 0.2) is 5.78 Å². The van der Waals surface area contributed by atoms with Crippen LogP contribution in [0, 0.1) is 17.9 Å². The summed E-state index contributed by atoms with van der Waals surface area (Å²) in [7, 11) is 0. The molecule has 0 bridgehead atoms. The molecule has 7 rings (SSSR count). The first kappa shape index (κ1) is 35.9. The van der Waals surface area contributed by atoms with E-state index in [2.05, 4.69) is 77.8 Å². The number of aromatic nitrogens is 2. The largest absolute Gasteiger partial charge is 0.512 e. The maximum atomic E-state index is 11.7. The normalized spacial score (nSPS) is 12.3. The van der Waals surface area contributed by atoms with E-state index in [4.69, 9.17) is 9.40 Å². The van der Waals surface area contributed by atoms with Crippen molar-refractivity contribution >= 4 is 27.5 Å². The van der Waals surface area contributed by atoms with Crippen molar-refractivity contribution in [3.8, 4) is 33.7 Å². The van der Waals surface area contributed by atoms with Crippen molar-refractivity contribution in [3.63, 3.8) is 0 Å². The van der Waals surface area contributed by atoms with E-state index in [1.54, 1.807) is 0 Å². The smallest absolute Gasteiger partial charge is 0.162 e. The van der Waals surface area contributed by atoms with Gasteiger partial charge in [0.25, 0.3) is 0 Å². The van der Waals surface area contributed by atoms with Gasteiger partial charge in [-0.25, -0.2) is 0 Å². The third-order valence-corrected chi connectivity index (χ3v) is 9.70. The van der Waals surface area contributed by atoms with Crippen LogP contribution >= 0.6 is 0 Å². The number of aryl methyl sites for hydroxylation is 2. The van der Waals surface area contributed by atoms with E-state index in [1.807, 2.05) is 52.4 Å². The fourth-order valence-corrected chi connectivity index (χ4v) is 6.87. The Hall–Kier alpha value is -4.38. The molecular weight excluding hydrogens is 785 g/mol. The number of hydrogen-bond acceptors (Lipinski definition) is 5. The van der Waals surface area contributed by atoms with Crippen LogP contribution in [-0.4, -0.2) is 20.9 Å². The number of furan rings is 1. The molecule has 0 saturated carbocycles. The number of ketones is 1. The number of nitrogens with zero attached hydrogens (tertiary/aromatic N) is 2. The van der Waals surface area contributed by atoms with Gasteiger partial charge in [0.1, 0.15) is 11.3 Å². The van der Waals surface area contributed by atoms with Gasteiger partial charge in [0.05, 0.1) is 5.76 Å². The van der Waals surface area contributed by atoms with Gasteiger partial charge in [-0.1, -0.05) is 92.7 Å². The summed E-state index contributed by atoms with van der Waals surface area (Å²) in [5.74, 6) is 1.48. The van der Waals surface area contributed by atoms with Gasteiger partial charge in [-0.05, 0) is 61.8 Å². The second kappa shape index (κ2) is 16.3. The quantitative estimate of drug-likeness (QED) is 0.0892. The van der Waals surface area contributed by atoms with Crippen molar-refractivity contribution in [2.45, 2.75) is 66.2 Å². The first-order chi connectivity index (χ1) is 23.5. The number of rotatable bonds is 9. The van der Waals surface area contributed by atoms with Gasteiger partial charge < -0.3 is 9.52 Å². The van der Waals surface area contributed by atoms with Crippen molar-refractivity contribution < 1.29 is 34.4 Å². The Morgan fingerprint density at radius 3 is 2.33 bits per heavy atom. The molecule has 1 N–H and O–H groups in total. The zero-order chi connectivity index (χ0) is 33.6. The molecule has 0 atom stereocenters. The predicted octanol–water partition coefficient (Wildman–Crippen LogP) is 11.1. The zero-order valence-corrected chi connectivity index (χ0v) is 31.0. The summed E-state index contributed by atoms with van der Waals surface area (Å²) in [6.45, 7) is 8.07. The van der Waals surface area contributed by atoms with Crippen molar-refractivity contribution in [2.24, 2.45) is 11.8 Å². The fraction of sp³-hybridized carbons (Fsp3) is 0.279. The Morgan fingerprint density at radius 2 is 1.59 bits per heavy atom. The summed E-state index contributed by atoms with van der Waals surface area (Å²) in [6.07, 6.45) is 12.4. The monoisotopic (exact) mass is 828 g/mol. The van der Waals surface area contributed by atoms with E-state index in [9.17, 15) is 9.90 Å². The van der Waals surface area contributed by atoms with Crippen LogP contribution in [0.2, 0.25) is 0 Å². The summed E-state index contributed by atoms with van der Waals surface area (Å²) in [5, 5.41) is 13.1. The Balaban J connectivity index is 0.000000252. The first-order valence-corrected chi connectivity index (χ1v) is 17.3. The molecule has 0 spiro atoms. The number of benzene rings is 3. The second-order valence-corrected chi connectivity index (χ2v) is 12.5. The Labute approximate surface area is 302 Å². The predicted molar refractivity (Wildman–Crippen MR) is 196 cm³/mol. The molecule has 3 aromatic carbocycles. The van der Waals surface area contributed by atoms with Gasteiger partial charge in [-0.2, -0.15) is 0 Å². The number of carbonyl (C=O) groups excluding carboxylic acids is 1. The molecule has 3 heterocycles. The maximum Gasteiger partial charge on any atom is 0.162 e. The third-order valence-electron chi connectivity index (χ3n) is 9.70. The molecule has 253 valence electrons. The van der Waals surface area contributed by atoms with Crippen molar-refractivity contribution in [2.75, 3.05) is 0 Å². The summed E-state index contributed by atoms with van der Waals surface area (Å²) >= 11 is 0. The van der Waals surface area contributed by atoms with Crippen LogP contribution < -0.4 is 0 Å². The van der Waals surface area contributed by atoms with Crippen LogP contribution in [0.15, 0.2) is 108 Å². The van der Waals surface area contributed by atoms with Crippen molar-refractivity contribution in [3.05, 3.63) is 120 Å². The fourth-order valence-electron chi connectivity index (χ4n) is 6.87. The Bertz CT molecular complexity index is 2070. The second-order valence-electron chi connectivity index (χ2n) is 12.5. The minimum Gasteiger partial charge on any atom is -0.512 e. The number of carbonyl (C=O) groups is 1. The van der Waals surface area contributed by atoms with E-state index in [0.29, 0.717) is 0 Å². The zero-order valence-electron chi connectivity index (χ0n) is 28.6. The number of aliphatic hydroxyl groups excluding tert-OH is 1. The van der Waals surface area contributed by atoms with Crippen LogP contribution in [0.25, 0.3) is 55.4 Å². The van der Waals surface area contributed by atoms with Crippen molar-refractivity contribution in [1.82, 2.24) is 9.97 Å². The summed E-state index contributed by atoms with van der Waals surface area (Å²) in [6, 6.07) is 28.9. The molecule has 1 aliphatic carbocycles. The minimum absolute atomic E-state index is 0. The number of hydrogen-bond donors (Lipinski definition) is 1.